The number of carboxylic acids is 1. The molecule has 0 radical (unpaired) electrons. The summed E-state index contributed by atoms with van der Waals surface area (Å²) in [4.78, 5) is 10.9. The van der Waals surface area contributed by atoms with E-state index in [0.29, 0.717) is 24.2 Å². The van der Waals surface area contributed by atoms with Crippen molar-refractivity contribution >= 4 is 28.1 Å². The van der Waals surface area contributed by atoms with Gasteiger partial charge in [-0.3, -0.25) is 0 Å². The van der Waals surface area contributed by atoms with Crippen LogP contribution in [0.25, 0.3) is 0 Å². The molecular formula is C11H10BrNO4. The van der Waals surface area contributed by atoms with Crippen LogP contribution in [0.15, 0.2) is 21.8 Å². The molecule has 1 aromatic carbocycles. The molecule has 6 heteroatoms. The van der Waals surface area contributed by atoms with E-state index < -0.39 is 12.1 Å². The molecule has 0 aromatic heterocycles. The monoisotopic (exact) mass is 299 g/mol. The third-order valence-corrected chi connectivity index (χ3v) is 3.03. The van der Waals surface area contributed by atoms with Gasteiger partial charge in [-0.15, -0.1) is 0 Å². The van der Waals surface area contributed by atoms with Gasteiger partial charge in [0.2, 0.25) is 0 Å². The van der Waals surface area contributed by atoms with Crippen molar-refractivity contribution in [2.24, 2.45) is 5.16 Å². The molecule has 0 saturated carbocycles. The van der Waals surface area contributed by atoms with Crippen LogP contribution in [-0.4, -0.2) is 28.6 Å². The number of benzene rings is 1. The average Bonchev–Trinajstić information content (AvgIpc) is 2.28. The molecule has 1 atom stereocenters. The summed E-state index contributed by atoms with van der Waals surface area (Å²) >= 11 is 3.34. The van der Waals surface area contributed by atoms with Crippen molar-refractivity contribution < 1.29 is 19.8 Å². The van der Waals surface area contributed by atoms with Crippen LogP contribution in [0.5, 0.6) is 5.75 Å². The topological polar surface area (TPSA) is 79.1 Å². The van der Waals surface area contributed by atoms with Gasteiger partial charge in [-0.2, -0.15) is 0 Å². The van der Waals surface area contributed by atoms with Crippen LogP contribution in [0.3, 0.4) is 0 Å². The van der Waals surface area contributed by atoms with E-state index in [4.69, 9.17) is 15.1 Å². The van der Waals surface area contributed by atoms with Gasteiger partial charge in [0.25, 0.3) is 0 Å². The molecule has 1 unspecified atom stereocenters. The number of nitrogens with zero attached hydrogens (tertiary/aromatic N) is 1. The molecule has 1 aromatic rings. The number of ether oxygens (including phenoxy) is 1. The summed E-state index contributed by atoms with van der Waals surface area (Å²) in [5.74, 6) is -0.505. The Hall–Kier alpha value is -1.56. The van der Waals surface area contributed by atoms with Crippen molar-refractivity contribution in [2.45, 2.75) is 18.9 Å². The minimum atomic E-state index is -0.981. The number of carboxylic acid groups (broad SMARTS) is 1. The van der Waals surface area contributed by atoms with Crippen LogP contribution < -0.4 is 4.74 Å². The van der Waals surface area contributed by atoms with E-state index in [9.17, 15) is 4.79 Å². The fraction of sp³-hybridized carbons (Fsp3) is 0.273. The molecule has 5 nitrogen and oxygen atoms in total. The Kier molecular flexibility index (Phi) is 3.33. The zero-order valence-corrected chi connectivity index (χ0v) is 10.3. The van der Waals surface area contributed by atoms with Gasteiger partial charge in [0.15, 0.2) is 6.10 Å². The standard InChI is InChI=1S/C11H10BrNO4/c12-8-3-6-1-2-9(11(14)15)17-10(6)7(4-8)5-13-16/h3-5,9,16H,1-2H2,(H,14,15)/b13-5-. The van der Waals surface area contributed by atoms with Gasteiger partial charge in [0, 0.05) is 10.0 Å². The number of hydrogen-bond donors (Lipinski definition) is 2. The number of halogens is 1. The first-order valence-electron chi connectivity index (χ1n) is 5.01. The summed E-state index contributed by atoms with van der Waals surface area (Å²) in [6, 6.07) is 3.59. The molecular weight excluding hydrogens is 290 g/mol. The second-order valence-corrected chi connectivity index (χ2v) is 4.63. The predicted octanol–water partition coefficient (Wildman–Crippen LogP) is 2.04. The van der Waals surface area contributed by atoms with Crippen LogP contribution >= 0.6 is 15.9 Å². The number of aryl methyl sites for hydroxylation is 1. The molecule has 17 heavy (non-hydrogen) atoms. The second-order valence-electron chi connectivity index (χ2n) is 3.71. The highest BCUT2D eigenvalue weighted by atomic mass is 79.9. The summed E-state index contributed by atoms with van der Waals surface area (Å²) in [7, 11) is 0. The lowest BCUT2D eigenvalue weighted by molar-refractivity contribution is -0.145. The molecule has 0 fully saturated rings. The molecule has 1 heterocycles. The summed E-state index contributed by atoms with van der Waals surface area (Å²) < 4.78 is 6.25. The highest BCUT2D eigenvalue weighted by Gasteiger charge is 2.27. The van der Waals surface area contributed by atoms with Gasteiger partial charge < -0.3 is 15.1 Å². The van der Waals surface area contributed by atoms with Gasteiger partial charge in [-0.05, 0) is 30.5 Å². The Morgan fingerprint density at radius 2 is 2.35 bits per heavy atom. The number of carbonyl (C=O) groups is 1. The molecule has 90 valence electrons. The zero-order valence-electron chi connectivity index (χ0n) is 8.76. The van der Waals surface area contributed by atoms with Gasteiger partial charge in [0.05, 0.1) is 6.21 Å². The van der Waals surface area contributed by atoms with E-state index in [1.54, 1.807) is 6.07 Å². The first-order chi connectivity index (χ1) is 8.11. The van der Waals surface area contributed by atoms with Crippen molar-refractivity contribution in [1.82, 2.24) is 0 Å². The molecule has 1 aliphatic rings. The van der Waals surface area contributed by atoms with Crippen LogP contribution in [0, 0.1) is 0 Å². The van der Waals surface area contributed by atoms with Crippen molar-refractivity contribution in [1.29, 1.82) is 0 Å². The Labute approximate surface area is 106 Å². The number of hydrogen-bond acceptors (Lipinski definition) is 4. The van der Waals surface area contributed by atoms with Crippen LogP contribution in [-0.2, 0) is 11.2 Å². The summed E-state index contributed by atoms with van der Waals surface area (Å²) in [5.41, 5.74) is 1.47. The lowest BCUT2D eigenvalue weighted by Crippen LogP contribution is -2.31. The molecule has 0 saturated heterocycles. The first-order valence-corrected chi connectivity index (χ1v) is 5.80. The Balaban J connectivity index is 2.44. The number of fused-ring (bicyclic) bond motifs is 1. The number of oxime groups is 1. The minimum absolute atomic E-state index is 0.439. The van der Waals surface area contributed by atoms with Gasteiger partial charge in [0.1, 0.15) is 5.75 Å². The summed E-state index contributed by atoms with van der Waals surface area (Å²) in [5, 5.41) is 20.4. The van der Waals surface area contributed by atoms with Gasteiger partial charge >= 0.3 is 5.97 Å². The molecule has 2 N–H and O–H groups in total. The van der Waals surface area contributed by atoms with Crippen LogP contribution in [0.1, 0.15) is 17.5 Å². The highest BCUT2D eigenvalue weighted by molar-refractivity contribution is 9.10. The third-order valence-electron chi connectivity index (χ3n) is 2.57. The van der Waals surface area contributed by atoms with E-state index in [-0.39, 0.29) is 0 Å². The summed E-state index contributed by atoms with van der Waals surface area (Å²) in [6.45, 7) is 0. The highest BCUT2D eigenvalue weighted by Crippen LogP contribution is 2.33. The second kappa shape index (κ2) is 4.75. The molecule has 0 aliphatic carbocycles. The lowest BCUT2D eigenvalue weighted by Gasteiger charge is -2.24. The Morgan fingerprint density at radius 3 is 3.00 bits per heavy atom. The maximum Gasteiger partial charge on any atom is 0.344 e. The first kappa shape index (κ1) is 11.9. The molecule has 0 amide bonds. The number of rotatable bonds is 2. The normalized spacial score (nSPS) is 18.8. The van der Waals surface area contributed by atoms with E-state index in [2.05, 4.69) is 21.1 Å². The van der Waals surface area contributed by atoms with Crippen LogP contribution in [0.4, 0.5) is 0 Å². The average molecular weight is 300 g/mol. The molecule has 2 rings (SSSR count). The molecule has 0 bridgehead atoms. The van der Waals surface area contributed by atoms with E-state index in [0.717, 1.165) is 10.0 Å². The largest absolute Gasteiger partial charge is 0.479 e. The third kappa shape index (κ3) is 2.41. The minimum Gasteiger partial charge on any atom is -0.479 e. The van der Waals surface area contributed by atoms with Gasteiger partial charge in [-0.25, -0.2) is 4.79 Å². The van der Waals surface area contributed by atoms with Crippen molar-refractivity contribution in [2.75, 3.05) is 0 Å². The van der Waals surface area contributed by atoms with Crippen molar-refractivity contribution in [3.05, 3.63) is 27.7 Å². The van der Waals surface area contributed by atoms with E-state index in [1.807, 2.05) is 6.07 Å². The predicted molar refractivity (Wildman–Crippen MR) is 63.9 cm³/mol. The van der Waals surface area contributed by atoms with Crippen molar-refractivity contribution in [3.63, 3.8) is 0 Å². The van der Waals surface area contributed by atoms with Crippen LogP contribution in [0.2, 0.25) is 0 Å². The zero-order chi connectivity index (χ0) is 12.4. The maximum absolute atomic E-state index is 10.9. The Bertz CT molecular complexity index is 487. The molecule has 0 spiro atoms. The van der Waals surface area contributed by atoms with E-state index >= 15 is 0 Å². The fourth-order valence-corrected chi connectivity index (χ4v) is 2.35. The van der Waals surface area contributed by atoms with Crippen molar-refractivity contribution in [3.8, 4) is 5.75 Å². The molecule has 1 aliphatic heterocycles. The fourth-order valence-electron chi connectivity index (χ4n) is 1.82. The smallest absolute Gasteiger partial charge is 0.344 e. The SMILES string of the molecule is O=C(O)C1CCc2cc(Br)cc(/C=N\O)c2O1. The Morgan fingerprint density at radius 1 is 1.59 bits per heavy atom. The number of aliphatic carboxylic acids is 1. The maximum atomic E-state index is 10.9. The quantitative estimate of drug-likeness (QED) is 0.497. The lowest BCUT2D eigenvalue weighted by atomic mass is 9.99. The van der Waals surface area contributed by atoms with E-state index in [1.165, 1.54) is 6.21 Å². The summed E-state index contributed by atoms with van der Waals surface area (Å²) in [6.07, 6.45) is 1.45. The van der Waals surface area contributed by atoms with Gasteiger partial charge in [-0.1, -0.05) is 21.1 Å².